The number of ether oxygens (including phenoxy) is 1. The first-order chi connectivity index (χ1) is 16.3. The van der Waals surface area contributed by atoms with Crippen molar-refractivity contribution in [2.75, 3.05) is 4.31 Å². The predicted molar refractivity (Wildman–Crippen MR) is 130 cm³/mol. The molecule has 3 aromatic rings. The lowest BCUT2D eigenvalue weighted by Crippen LogP contribution is -2.39. The highest BCUT2D eigenvalue weighted by atomic mass is 79.9. The van der Waals surface area contributed by atoms with Crippen molar-refractivity contribution in [2.24, 2.45) is 5.73 Å². The fourth-order valence-electron chi connectivity index (χ4n) is 4.25. The van der Waals surface area contributed by atoms with Crippen molar-refractivity contribution in [1.29, 1.82) is 5.26 Å². The molecule has 2 aliphatic rings. The average Bonchev–Trinajstić information content (AvgIpc) is 2.82. The minimum atomic E-state index is -4.26. The highest BCUT2D eigenvalue weighted by molar-refractivity contribution is 9.10. The van der Waals surface area contributed by atoms with Crippen LogP contribution in [0.25, 0.3) is 5.76 Å². The summed E-state index contributed by atoms with van der Waals surface area (Å²) < 4.78 is 50.5. The van der Waals surface area contributed by atoms with Crippen molar-refractivity contribution < 1.29 is 17.5 Å². The average molecular weight is 538 g/mol. The van der Waals surface area contributed by atoms with Gasteiger partial charge < -0.3 is 10.5 Å². The van der Waals surface area contributed by atoms with Gasteiger partial charge >= 0.3 is 0 Å². The number of nitriles is 1. The molecule has 5 rings (SSSR count). The number of anilines is 1. The van der Waals surface area contributed by atoms with Gasteiger partial charge in [-0.25, -0.2) is 12.8 Å². The fraction of sp³-hybridized carbons (Fsp3) is 0.0800. The molecule has 3 aromatic carbocycles. The van der Waals surface area contributed by atoms with Crippen LogP contribution >= 0.6 is 15.9 Å². The Hall–Kier alpha value is -3.61. The van der Waals surface area contributed by atoms with Crippen LogP contribution in [0.2, 0.25) is 0 Å². The molecule has 2 N–H and O–H groups in total. The van der Waals surface area contributed by atoms with E-state index in [2.05, 4.69) is 15.9 Å². The molecule has 0 amide bonds. The molecule has 6 nitrogen and oxygen atoms in total. The largest absolute Gasteiger partial charge is 0.439 e. The van der Waals surface area contributed by atoms with E-state index >= 15 is 0 Å². The summed E-state index contributed by atoms with van der Waals surface area (Å²) in [5, 5.41) is 9.88. The van der Waals surface area contributed by atoms with Gasteiger partial charge in [0.1, 0.15) is 22.4 Å². The van der Waals surface area contributed by atoms with Gasteiger partial charge in [0, 0.05) is 15.6 Å². The molecule has 0 saturated carbocycles. The number of allylic oxidation sites excluding steroid dienone is 2. The quantitative estimate of drug-likeness (QED) is 0.500. The predicted octanol–water partition coefficient (Wildman–Crippen LogP) is 5.11. The van der Waals surface area contributed by atoms with E-state index in [1.807, 2.05) is 6.07 Å². The Kier molecular flexibility index (Phi) is 5.42. The van der Waals surface area contributed by atoms with Crippen LogP contribution in [0.3, 0.4) is 0 Å². The number of para-hydroxylation sites is 1. The Morgan fingerprint density at radius 2 is 1.74 bits per heavy atom. The van der Waals surface area contributed by atoms with Crippen molar-refractivity contribution in [1.82, 2.24) is 0 Å². The Bertz CT molecular complexity index is 1530. The molecule has 9 heteroatoms. The van der Waals surface area contributed by atoms with E-state index in [1.54, 1.807) is 66.7 Å². The maximum Gasteiger partial charge on any atom is 0.265 e. The van der Waals surface area contributed by atoms with E-state index in [9.17, 15) is 18.1 Å². The molecular formula is C25H17BrFN3O3S. The summed E-state index contributed by atoms with van der Waals surface area (Å²) in [4.78, 5) is -0.101. The van der Waals surface area contributed by atoms with Crippen LogP contribution in [0.4, 0.5) is 10.1 Å². The molecule has 0 aliphatic carbocycles. The summed E-state index contributed by atoms with van der Waals surface area (Å²) in [5.74, 6) is -1.57. The van der Waals surface area contributed by atoms with Crippen molar-refractivity contribution in [2.45, 2.75) is 12.5 Å². The van der Waals surface area contributed by atoms with Crippen LogP contribution in [-0.4, -0.2) is 8.42 Å². The van der Waals surface area contributed by atoms with Crippen molar-refractivity contribution in [3.63, 3.8) is 0 Å². The molecule has 2 heterocycles. The molecular weight excluding hydrogens is 521 g/mol. The Labute approximate surface area is 204 Å². The number of hydrogen-bond acceptors (Lipinski definition) is 5. The number of rotatable bonds is 3. The fourth-order valence-corrected chi connectivity index (χ4v) is 6.42. The zero-order valence-electron chi connectivity index (χ0n) is 17.6. The third-order valence-electron chi connectivity index (χ3n) is 5.83. The number of fused-ring (bicyclic) bond motifs is 2. The standard InChI is InChI=1S/C25H17BrFN3O3S/c26-17-11-9-15(10-12-17)22-19(13-28)25(29)33-23-18-6-2-4-8-21(18)30(34(31,32)24(22)23)14-16-5-1-3-7-20(16)27/h1-12,22H,14,29H2/t22-/m0/s1. The maximum atomic E-state index is 14.5. The van der Waals surface area contributed by atoms with Crippen LogP contribution in [-0.2, 0) is 21.3 Å². The van der Waals surface area contributed by atoms with Crippen LogP contribution in [0, 0.1) is 17.1 Å². The molecule has 0 fully saturated rings. The second kappa shape index (κ2) is 8.31. The van der Waals surface area contributed by atoms with E-state index in [4.69, 9.17) is 10.5 Å². The maximum absolute atomic E-state index is 14.5. The van der Waals surface area contributed by atoms with Gasteiger partial charge in [0.25, 0.3) is 10.0 Å². The number of halogens is 2. The first-order valence-corrected chi connectivity index (χ1v) is 12.5. The van der Waals surface area contributed by atoms with Crippen LogP contribution in [0.15, 0.2) is 93.6 Å². The lowest BCUT2D eigenvalue weighted by Gasteiger charge is -2.38. The number of nitrogens with two attached hydrogens (primary N) is 1. The number of nitrogens with zero attached hydrogens (tertiary/aromatic N) is 2. The monoisotopic (exact) mass is 537 g/mol. The Morgan fingerprint density at radius 1 is 1.06 bits per heavy atom. The van der Waals surface area contributed by atoms with Gasteiger partial charge in [-0.2, -0.15) is 5.26 Å². The summed E-state index contributed by atoms with van der Waals surface area (Å²) in [5.41, 5.74) is 7.72. The minimum absolute atomic E-state index is 0.00475. The van der Waals surface area contributed by atoms with Crippen LogP contribution in [0.5, 0.6) is 0 Å². The third kappa shape index (κ3) is 3.47. The van der Waals surface area contributed by atoms with E-state index in [1.165, 1.54) is 6.07 Å². The van der Waals surface area contributed by atoms with Gasteiger partial charge in [-0.05, 0) is 35.9 Å². The first-order valence-electron chi connectivity index (χ1n) is 10.3. The smallest absolute Gasteiger partial charge is 0.265 e. The second-order valence-corrected chi connectivity index (χ2v) is 10.5. The first kappa shape index (κ1) is 22.2. The summed E-state index contributed by atoms with van der Waals surface area (Å²) in [6.45, 7) is -0.225. The van der Waals surface area contributed by atoms with Crippen molar-refractivity contribution in [3.05, 3.63) is 116 Å². The van der Waals surface area contributed by atoms with Gasteiger partial charge in [-0.1, -0.05) is 58.4 Å². The van der Waals surface area contributed by atoms with Gasteiger partial charge in [0.05, 0.1) is 18.2 Å². The molecule has 34 heavy (non-hydrogen) atoms. The van der Waals surface area contributed by atoms with E-state index in [0.29, 0.717) is 16.8 Å². The van der Waals surface area contributed by atoms with E-state index in [-0.39, 0.29) is 34.2 Å². The Morgan fingerprint density at radius 3 is 2.44 bits per heavy atom. The van der Waals surface area contributed by atoms with Crippen molar-refractivity contribution in [3.8, 4) is 6.07 Å². The Balaban J connectivity index is 1.77. The molecule has 0 radical (unpaired) electrons. The lowest BCUT2D eigenvalue weighted by molar-refractivity contribution is 0.357. The summed E-state index contributed by atoms with van der Waals surface area (Å²) in [7, 11) is -4.26. The molecule has 0 saturated heterocycles. The van der Waals surface area contributed by atoms with Crippen LogP contribution in [0.1, 0.15) is 22.6 Å². The summed E-state index contributed by atoms with van der Waals surface area (Å²) >= 11 is 3.38. The zero-order valence-corrected chi connectivity index (χ0v) is 20.0. The normalized spacial score (nSPS) is 18.6. The molecule has 0 aromatic heterocycles. The number of sulfonamides is 1. The third-order valence-corrected chi connectivity index (χ3v) is 8.24. The topological polar surface area (TPSA) is 96.4 Å². The van der Waals surface area contributed by atoms with Crippen LogP contribution < -0.4 is 10.0 Å². The molecule has 1 atom stereocenters. The molecule has 2 aliphatic heterocycles. The number of hydrogen-bond donors (Lipinski definition) is 1. The van der Waals surface area contributed by atoms with Crippen molar-refractivity contribution >= 4 is 37.4 Å². The highest BCUT2D eigenvalue weighted by Crippen LogP contribution is 2.51. The van der Waals surface area contributed by atoms with Gasteiger partial charge in [-0.3, -0.25) is 4.31 Å². The summed E-state index contributed by atoms with van der Waals surface area (Å²) in [6.07, 6.45) is 0. The van der Waals surface area contributed by atoms with E-state index < -0.39 is 21.8 Å². The molecule has 0 unspecified atom stereocenters. The summed E-state index contributed by atoms with van der Waals surface area (Å²) in [6, 6.07) is 21.8. The van der Waals surface area contributed by atoms with Gasteiger partial charge in [0.15, 0.2) is 5.76 Å². The SMILES string of the molecule is N#CC1=C(N)OC2=C([C@H]1c1ccc(Br)cc1)S(=O)(=O)N(Cc1ccccc1F)c1ccccc12. The highest BCUT2D eigenvalue weighted by Gasteiger charge is 2.47. The lowest BCUT2D eigenvalue weighted by atomic mass is 9.88. The zero-order chi connectivity index (χ0) is 24.0. The second-order valence-electron chi connectivity index (χ2n) is 7.79. The van der Waals surface area contributed by atoms with Gasteiger partial charge in [-0.15, -0.1) is 0 Å². The molecule has 0 bridgehead atoms. The van der Waals surface area contributed by atoms with Gasteiger partial charge in [0.2, 0.25) is 5.88 Å². The molecule has 170 valence electrons. The molecule has 0 spiro atoms. The number of benzene rings is 3. The minimum Gasteiger partial charge on any atom is -0.439 e. The van der Waals surface area contributed by atoms with E-state index in [0.717, 1.165) is 8.78 Å².